The molecule has 1 unspecified atom stereocenters. The van der Waals surface area contributed by atoms with Gasteiger partial charge in [-0.2, -0.15) is 0 Å². The number of carbonyl (C=O) groups excluding carboxylic acids is 1. The lowest BCUT2D eigenvalue weighted by Crippen LogP contribution is -2.48. The average molecular weight is 383 g/mol. The molecule has 2 rings (SSSR count). The maximum atomic E-state index is 12.3. The molecule has 128 valence electrons. The van der Waals surface area contributed by atoms with Crippen molar-refractivity contribution in [3.05, 3.63) is 28.7 Å². The van der Waals surface area contributed by atoms with E-state index in [0.717, 1.165) is 30.4 Å². The van der Waals surface area contributed by atoms with Crippen LogP contribution in [0.5, 0.6) is 5.75 Å². The zero-order valence-corrected chi connectivity index (χ0v) is 15.6. The summed E-state index contributed by atoms with van der Waals surface area (Å²) in [5.41, 5.74) is 0. The van der Waals surface area contributed by atoms with Crippen molar-refractivity contribution in [1.29, 1.82) is 0 Å². The topological polar surface area (TPSA) is 41.6 Å². The first-order chi connectivity index (χ1) is 11.1. The molecule has 1 amide bonds. The molecule has 1 atom stereocenters. The molecule has 0 saturated carbocycles. The summed E-state index contributed by atoms with van der Waals surface area (Å²) in [7, 11) is 0. The maximum absolute atomic E-state index is 12.3. The van der Waals surface area contributed by atoms with Crippen LogP contribution in [0.25, 0.3) is 0 Å². The first-order valence-corrected chi connectivity index (χ1v) is 9.32. The minimum absolute atomic E-state index is 0.0278. The largest absolute Gasteiger partial charge is 0.481 e. The van der Waals surface area contributed by atoms with E-state index in [1.807, 2.05) is 24.3 Å². The molecular formula is C18H27BrN2O2. The number of amides is 1. The molecule has 0 radical (unpaired) electrons. The van der Waals surface area contributed by atoms with Crippen LogP contribution >= 0.6 is 15.9 Å². The van der Waals surface area contributed by atoms with Gasteiger partial charge in [0.15, 0.2) is 6.10 Å². The second kappa shape index (κ2) is 9.28. The minimum atomic E-state index is -0.478. The fourth-order valence-electron chi connectivity index (χ4n) is 2.77. The highest BCUT2D eigenvalue weighted by Gasteiger charge is 2.23. The molecular weight excluding hydrogens is 356 g/mol. The number of likely N-dealkylation sites (tertiary alicyclic amines) is 1. The monoisotopic (exact) mass is 382 g/mol. The number of ether oxygens (including phenoxy) is 1. The van der Waals surface area contributed by atoms with Gasteiger partial charge < -0.3 is 15.0 Å². The van der Waals surface area contributed by atoms with Crippen LogP contribution in [0.4, 0.5) is 0 Å². The quantitative estimate of drug-likeness (QED) is 0.782. The third-order valence-electron chi connectivity index (χ3n) is 4.26. The third-order valence-corrected chi connectivity index (χ3v) is 4.79. The Bertz CT molecular complexity index is 484. The van der Waals surface area contributed by atoms with Gasteiger partial charge in [0, 0.05) is 23.6 Å². The lowest BCUT2D eigenvalue weighted by molar-refractivity contribution is -0.128. The number of hydrogen-bond acceptors (Lipinski definition) is 3. The van der Waals surface area contributed by atoms with Gasteiger partial charge in [-0.05, 0) is 57.0 Å². The van der Waals surface area contributed by atoms with Crippen molar-refractivity contribution in [2.75, 3.05) is 19.6 Å². The fourth-order valence-corrected chi connectivity index (χ4v) is 3.04. The Morgan fingerprint density at radius 3 is 2.61 bits per heavy atom. The van der Waals surface area contributed by atoms with Crippen molar-refractivity contribution in [3.8, 4) is 5.75 Å². The normalized spacial score (nSPS) is 17.7. The van der Waals surface area contributed by atoms with Gasteiger partial charge in [-0.25, -0.2) is 0 Å². The summed E-state index contributed by atoms with van der Waals surface area (Å²) < 4.78 is 6.70. The van der Waals surface area contributed by atoms with Crippen LogP contribution < -0.4 is 10.1 Å². The van der Waals surface area contributed by atoms with Gasteiger partial charge in [-0.1, -0.05) is 29.3 Å². The molecule has 1 aromatic rings. The highest BCUT2D eigenvalue weighted by Crippen LogP contribution is 2.17. The Kier molecular flexibility index (Phi) is 7.37. The smallest absolute Gasteiger partial charge is 0.260 e. The number of carbonyl (C=O) groups is 1. The van der Waals surface area contributed by atoms with Gasteiger partial charge in [-0.15, -0.1) is 0 Å². The van der Waals surface area contributed by atoms with Gasteiger partial charge in [-0.3, -0.25) is 4.79 Å². The SMILES string of the molecule is CCCCN1CCC(NC(=O)C(C)Oc2ccc(Br)cc2)CC1. The summed E-state index contributed by atoms with van der Waals surface area (Å²) in [5.74, 6) is 0.685. The zero-order chi connectivity index (χ0) is 16.7. The van der Waals surface area contributed by atoms with E-state index in [9.17, 15) is 4.79 Å². The van der Waals surface area contributed by atoms with Gasteiger partial charge in [0.2, 0.25) is 0 Å². The van der Waals surface area contributed by atoms with Gasteiger partial charge in [0.25, 0.3) is 5.91 Å². The molecule has 1 saturated heterocycles. The Hall–Kier alpha value is -1.07. The van der Waals surface area contributed by atoms with Crippen molar-refractivity contribution < 1.29 is 9.53 Å². The summed E-state index contributed by atoms with van der Waals surface area (Å²) in [6.45, 7) is 7.35. The van der Waals surface area contributed by atoms with Crippen LogP contribution in [0.2, 0.25) is 0 Å². The van der Waals surface area contributed by atoms with Crippen LogP contribution in [-0.2, 0) is 4.79 Å². The van der Waals surface area contributed by atoms with Crippen molar-refractivity contribution >= 4 is 21.8 Å². The number of rotatable bonds is 7. The number of nitrogens with zero attached hydrogens (tertiary/aromatic N) is 1. The standard InChI is InChI=1S/C18H27BrN2O2/c1-3-4-11-21-12-9-16(10-13-21)20-18(22)14(2)23-17-7-5-15(19)6-8-17/h5-8,14,16H,3-4,9-13H2,1-2H3,(H,20,22). The first-order valence-electron chi connectivity index (χ1n) is 8.53. The predicted molar refractivity (Wildman–Crippen MR) is 96.7 cm³/mol. The van der Waals surface area contributed by atoms with Crippen LogP contribution in [-0.4, -0.2) is 42.6 Å². The van der Waals surface area contributed by atoms with E-state index in [4.69, 9.17) is 4.74 Å². The Balaban J connectivity index is 1.73. The number of piperidine rings is 1. The molecule has 0 aliphatic carbocycles. The zero-order valence-electron chi connectivity index (χ0n) is 14.1. The van der Waals surface area contributed by atoms with E-state index >= 15 is 0 Å². The maximum Gasteiger partial charge on any atom is 0.260 e. The molecule has 1 aromatic carbocycles. The summed E-state index contributed by atoms with van der Waals surface area (Å²) in [6, 6.07) is 7.81. The molecule has 0 spiro atoms. The van der Waals surface area contributed by atoms with E-state index in [2.05, 4.69) is 33.1 Å². The fraction of sp³-hybridized carbons (Fsp3) is 0.611. The molecule has 5 heteroatoms. The van der Waals surface area contributed by atoms with E-state index in [0.29, 0.717) is 5.75 Å². The van der Waals surface area contributed by atoms with E-state index in [-0.39, 0.29) is 11.9 Å². The van der Waals surface area contributed by atoms with Gasteiger partial charge in [0.05, 0.1) is 0 Å². The van der Waals surface area contributed by atoms with Gasteiger partial charge in [0.1, 0.15) is 5.75 Å². The molecule has 1 fully saturated rings. The van der Waals surface area contributed by atoms with E-state index in [1.165, 1.54) is 19.4 Å². The lowest BCUT2D eigenvalue weighted by Gasteiger charge is -2.32. The van der Waals surface area contributed by atoms with Crippen LogP contribution in [0.3, 0.4) is 0 Å². The number of halogens is 1. The highest BCUT2D eigenvalue weighted by molar-refractivity contribution is 9.10. The van der Waals surface area contributed by atoms with E-state index in [1.54, 1.807) is 6.92 Å². The molecule has 1 N–H and O–H groups in total. The van der Waals surface area contributed by atoms with Crippen molar-refractivity contribution in [2.45, 2.75) is 51.7 Å². The molecule has 0 bridgehead atoms. The third kappa shape index (κ3) is 6.15. The number of unbranched alkanes of at least 4 members (excludes halogenated alkanes) is 1. The Morgan fingerprint density at radius 1 is 1.35 bits per heavy atom. The Labute approximate surface area is 147 Å². The summed E-state index contributed by atoms with van der Waals surface area (Å²) in [5, 5.41) is 3.13. The average Bonchev–Trinajstić information content (AvgIpc) is 2.56. The van der Waals surface area contributed by atoms with Crippen molar-refractivity contribution in [1.82, 2.24) is 10.2 Å². The van der Waals surface area contributed by atoms with Crippen molar-refractivity contribution in [3.63, 3.8) is 0 Å². The summed E-state index contributed by atoms with van der Waals surface area (Å²) in [6.07, 6.45) is 4.08. The number of nitrogens with one attached hydrogen (secondary N) is 1. The Morgan fingerprint density at radius 2 is 2.00 bits per heavy atom. The molecule has 1 heterocycles. The van der Waals surface area contributed by atoms with Crippen LogP contribution in [0.15, 0.2) is 28.7 Å². The predicted octanol–water partition coefficient (Wildman–Crippen LogP) is 3.60. The lowest BCUT2D eigenvalue weighted by atomic mass is 10.0. The second-order valence-electron chi connectivity index (χ2n) is 6.19. The molecule has 0 aromatic heterocycles. The summed E-state index contributed by atoms with van der Waals surface area (Å²) >= 11 is 3.39. The molecule has 23 heavy (non-hydrogen) atoms. The van der Waals surface area contributed by atoms with Gasteiger partial charge >= 0.3 is 0 Å². The highest BCUT2D eigenvalue weighted by atomic mass is 79.9. The van der Waals surface area contributed by atoms with E-state index < -0.39 is 6.10 Å². The molecule has 4 nitrogen and oxygen atoms in total. The summed E-state index contributed by atoms with van der Waals surface area (Å²) in [4.78, 5) is 14.8. The minimum Gasteiger partial charge on any atom is -0.481 e. The first kappa shape index (κ1) is 18.3. The molecule has 1 aliphatic heterocycles. The van der Waals surface area contributed by atoms with Crippen LogP contribution in [0, 0.1) is 0 Å². The van der Waals surface area contributed by atoms with Crippen LogP contribution in [0.1, 0.15) is 39.5 Å². The molecule has 1 aliphatic rings. The number of hydrogen-bond donors (Lipinski definition) is 1. The van der Waals surface area contributed by atoms with Crippen molar-refractivity contribution in [2.24, 2.45) is 0 Å². The second-order valence-corrected chi connectivity index (χ2v) is 7.11. The number of benzene rings is 1.